The van der Waals surface area contributed by atoms with Crippen molar-refractivity contribution in [2.24, 2.45) is 11.7 Å². The molecular formula is C14H16N2O2. The van der Waals surface area contributed by atoms with Crippen LogP contribution in [0.25, 0.3) is 0 Å². The number of nitrogens with two attached hydrogens (primary N) is 1. The monoisotopic (exact) mass is 244 g/mol. The summed E-state index contributed by atoms with van der Waals surface area (Å²) in [6.45, 7) is 0.315. The van der Waals surface area contributed by atoms with E-state index >= 15 is 0 Å². The fourth-order valence-corrected chi connectivity index (χ4v) is 1.62. The lowest BCUT2D eigenvalue weighted by atomic mass is 10.2. The number of hydrogen-bond acceptors (Lipinski definition) is 3. The highest BCUT2D eigenvalue weighted by atomic mass is 16.5. The SMILES string of the molecule is COc1ccc(C#CCN)cc1NC(=O)C1CC1. The number of rotatable bonds is 3. The molecule has 0 heterocycles. The molecule has 3 N–H and O–H groups in total. The molecule has 0 radical (unpaired) electrons. The van der Waals surface area contributed by atoms with Crippen LogP contribution >= 0.6 is 0 Å². The Labute approximate surface area is 107 Å². The standard InChI is InChI=1S/C14H16N2O2/c1-18-13-7-4-10(3-2-8-15)9-12(13)16-14(17)11-5-6-11/h4,7,9,11H,5-6,8,15H2,1H3,(H,16,17). The fourth-order valence-electron chi connectivity index (χ4n) is 1.62. The van der Waals surface area contributed by atoms with E-state index in [1.54, 1.807) is 13.2 Å². The minimum Gasteiger partial charge on any atom is -0.495 e. The van der Waals surface area contributed by atoms with Crippen LogP contribution in [0, 0.1) is 17.8 Å². The second-order valence-electron chi connectivity index (χ2n) is 4.18. The van der Waals surface area contributed by atoms with E-state index in [0.717, 1.165) is 18.4 Å². The molecule has 1 amide bonds. The van der Waals surface area contributed by atoms with Crippen LogP contribution in [-0.4, -0.2) is 19.6 Å². The van der Waals surface area contributed by atoms with Crippen LogP contribution < -0.4 is 15.8 Å². The predicted molar refractivity (Wildman–Crippen MR) is 70.3 cm³/mol. The van der Waals surface area contributed by atoms with Gasteiger partial charge in [0.1, 0.15) is 5.75 Å². The molecule has 0 atom stereocenters. The van der Waals surface area contributed by atoms with Gasteiger partial charge in [-0.1, -0.05) is 11.8 Å². The van der Waals surface area contributed by atoms with Crippen molar-refractivity contribution in [2.75, 3.05) is 19.0 Å². The number of carbonyl (C=O) groups is 1. The maximum absolute atomic E-state index is 11.7. The first-order valence-electron chi connectivity index (χ1n) is 5.92. The molecule has 0 aliphatic heterocycles. The number of methoxy groups -OCH3 is 1. The second kappa shape index (κ2) is 5.56. The van der Waals surface area contributed by atoms with E-state index in [2.05, 4.69) is 17.2 Å². The van der Waals surface area contributed by atoms with Gasteiger partial charge in [-0.25, -0.2) is 0 Å². The number of amides is 1. The van der Waals surface area contributed by atoms with Crippen molar-refractivity contribution in [3.05, 3.63) is 23.8 Å². The molecule has 2 rings (SSSR count). The van der Waals surface area contributed by atoms with Gasteiger partial charge < -0.3 is 15.8 Å². The van der Waals surface area contributed by atoms with E-state index in [-0.39, 0.29) is 11.8 Å². The summed E-state index contributed by atoms with van der Waals surface area (Å²) in [6.07, 6.45) is 1.95. The summed E-state index contributed by atoms with van der Waals surface area (Å²) in [5, 5.41) is 2.88. The van der Waals surface area contributed by atoms with Gasteiger partial charge in [0.25, 0.3) is 0 Å². The molecule has 1 aromatic rings. The largest absolute Gasteiger partial charge is 0.495 e. The molecular weight excluding hydrogens is 228 g/mol. The van der Waals surface area contributed by atoms with E-state index in [0.29, 0.717) is 18.0 Å². The zero-order chi connectivity index (χ0) is 13.0. The van der Waals surface area contributed by atoms with Gasteiger partial charge in [-0.05, 0) is 31.0 Å². The van der Waals surface area contributed by atoms with Gasteiger partial charge in [-0.15, -0.1) is 0 Å². The van der Waals surface area contributed by atoms with Crippen molar-refractivity contribution >= 4 is 11.6 Å². The number of nitrogens with one attached hydrogen (secondary N) is 1. The summed E-state index contributed by atoms with van der Waals surface area (Å²) in [4.78, 5) is 11.7. The molecule has 0 saturated heterocycles. The first kappa shape index (κ1) is 12.5. The van der Waals surface area contributed by atoms with Crippen molar-refractivity contribution in [3.8, 4) is 17.6 Å². The van der Waals surface area contributed by atoms with Gasteiger partial charge in [-0.3, -0.25) is 4.79 Å². The summed E-state index contributed by atoms with van der Waals surface area (Å²) in [5.41, 5.74) is 6.81. The smallest absolute Gasteiger partial charge is 0.227 e. The van der Waals surface area contributed by atoms with Crippen molar-refractivity contribution in [1.29, 1.82) is 0 Å². The molecule has 1 aliphatic carbocycles. The minimum atomic E-state index is 0.0530. The fraction of sp³-hybridized carbons (Fsp3) is 0.357. The molecule has 1 aromatic carbocycles. The van der Waals surface area contributed by atoms with Crippen LogP contribution in [0.5, 0.6) is 5.75 Å². The third-order valence-corrected chi connectivity index (χ3v) is 2.74. The molecule has 4 nitrogen and oxygen atoms in total. The summed E-state index contributed by atoms with van der Waals surface area (Å²) in [7, 11) is 1.58. The Bertz CT molecular complexity index is 510. The van der Waals surface area contributed by atoms with E-state index in [9.17, 15) is 4.79 Å². The Hall–Kier alpha value is -1.99. The highest BCUT2D eigenvalue weighted by Gasteiger charge is 2.30. The first-order chi connectivity index (χ1) is 8.74. The first-order valence-corrected chi connectivity index (χ1v) is 5.92. The van der Waals surface area contributed by atoms with Crippen LogP contribution in [0.3, 0.4) is 0 Å². The molecule has 0 unspecified atom stereocenters. The van der Waals surface area contributed by atoms with Crippen LogP contribution in [-0.2, 0) is 4.79 Å². The molecule has 0 aromatic heterocycles. The lowest BCUT2D eigenvalue weighted by Gasteiger charge is -2.10. The molecule has 1 saturated carbocycles. The normalized spacial score (nSPS) is 13.4. The average Bonchev–Trinajstić information content (AvgIpc) is 3.20. The summed E-state index contributed by atoms with van der Waals surface area (Å²) < 4.78 is 5.22. The van der Waals surface area contributed by atoms with Gasteiger partial charge in [0.05, 0.1) is 19.3 Å². The number of ether oxygens (including phenoxy) is 1. The van der Waals surface area contributed by atoms with E-state index in [1.165, 1.54) is 0 Å². The summed E-state index contributed by atoms with van der Waals surface area (Å²) >= 11 is 0. The van der Waals surface area contributed by atoms with Gasteiger partial charge in [0, 0.05) is 11.5 Å². The van der Waals surface area contributed by atoms with Crippen molar-refractivity contribution < 1.29 is 9.53 Å². The number of anilines is 1. The highest BCUT2D eigenvalue weighted by Crippen LogP contribution is 2.32. The van der Waals surface area contributed by atoms with Gasteiger partial charge >= 0.3 is 0 Å². The third kappa shape index (κ3) is 3.02. The lowest BCUT2D eigenvalue weighted by Crippen LogP contribution is -2.14. The molecule has 0 spiro atoms. The topological polar surface area (TPSA) is 64.3 Å². The predicted octanol–water partition coefficient (Wildman–Crippen LogP) is 1.35. The van der Waals surface area contributed by atoms with Gasteiger partial charge in [0.2, 0.25) is 5.91 Å². The zero-order valence-corrected chi connectivity index (χ0v) is 10.3. The van der Waals surface area contributed by atoms with Crippen molar-refractivity contribution in [2.45, 2.75) is 12.8 Å². The molecule has 94 valence electrons. The quantitative estimate of drug-likeness (QED) is 0.789. The Kier molecular flexibility index (Phi) is 3.85. The van der Waals surface area contributed by atoms with Crippen LogP contribution in [0.15, 0.2) is 18.2 Å². The molecule has 18 heavy (non-hydrogen) atoms. The Morgan fingerprint density at radius 3 is 2.94 bits per heavy atom. The Balaban J connectivity index is 2.21. The van der Waals surface area contributed by atoms with Crippen LogP contribution in [0.2, 0.25) is 0 Å². The van der Waals surface area contributed by atoms with Crippen molar-refractivity contribution in [1.82, 2.24) is 0 Å². The van der Waals surface area contributed by atoms with E-state index in [4.69, 9.17) is 10.5 Å². The molecule has 0 bridgehead atoms. The second-order valence-corrected chi connectivity index (χ2v) is 4.18. The number of benzene rings is 1. The minimum absolute atomic E-state index is 0.0530. The third-order valence-electron chi connectivity index (χ3n) is 2.74. The van der Waals surface area contributed by atoms with Crippen LogP contribution in [0.4, 0.5) is 5.69 Å². The van der Waals surface area contributed by atoms with E-state index < -0.39 is 0 Å². The summed E-state index contributed by atoms with van der Waals surface area (Å²) in [5.74, 6) is 6.57. The maximum atomic E-state index is 11.7. The number of carbonyl (C=O) groups excluding carboxylic acids is 1. The van der Waals surface area contributed by atoms with Crippen molar-refractivity contribution in [3.63, 3.8) is 0 Å². The van der Waals surface area contributed by atoms with E-state index in [1.807, 2.05) is 12.1 Å². The van der Waals surface area contributed by atoms with Crippen LogP contribution in [0.1, 0.15) is 18.4 Å². The average molecular weight is 244 g/mol. The number of hydrogen-bond donors (Lipinski definition) is 2. The molecule has 1 fully saturated rings. The lowest BCUT2D eigenvalue weighted by molar-refractivity contribution is -0.117. The van der Waals surface area contributed by atoms with Gasteiger partial charge in [0.15, 0.2) is 0 Å². The molecule has 1 aliphatic rings. The highest BCUT2D eigenvalue weighted by molar-refractivity contribution is 5.95. The Morgan fingerprint density at radius 1 is 1.56 bits per heavy atom. The summed E-state index contributed by atoms with van der Waals surface area (Å²) in [6, 6.07) is 5.44. The zero-order valence-electron chi connectivity index (χ0n) is 10.3. The molecule has 4 heteroatoms. The van der Waals surface area contributed by atoms with Gasteiger partial charge in [-0.2, -0.15) is 0 Å². The Morgan fingerprint density at radius 2 is 2.33 bits per heavy atom. The maximum Gasteiger partial charge on any atom is 0.227 e.